The van der Waals surface area contributed by atoms with Crippen molar-refractivity contribution in [2.24, 2.45) is 5.92 Å². The van der Waals surface area contributed by atoms with E-state index in [1.54, 1.807) is 14.2 Å². The van der Waals surface area contributed by atoms with Crippen LogP contribution in [0.4, 0.5) is 0 Å². The number of ether oxygens (including phenoxy) is 2. The van der Waals surface area contributed by atoms with E-state index >= 15 is 0 Å². The third-order valence-corrected chi connectivity index (χ3v) is 6.04. The molecule has 2 aromatic carbocycles. The van der Waals surface area contributed by atoms with Gasteiger partial charge in [0.25, 0.3) is 0 Å². The van der Waals surface area contributed by atoms with Gasteiger partial charge >= 0.3 is 0 Å². The maximum Gasteiger partial charge on any atom is 0.161 e. The van der Waals surface area contributed by atoms with Gasteiger partial charge in [-0.3, -0.25) is 4.90 Å². The zero-order valence-corrected chi connectivity index (χ0v) is 16.4. The molecule has 27 heavy (non-hydrogen) atoms. The summed E-state index contributed by atoms with van der Waals surface area (Å²) in [6.07, 6.45) is 3.61. The maximum atomic E-state index is 5.62. The van der Waals surface area contributed by atoms with Crippen molar-refractivity contribution in [3.05, 3.63) is 59.2 Å². The molecule has 0 spiro atoms. The average molecular weight is 367 g/mol. The third-order valence-electron chi connectivity index (χ3n) is 6.04. The number of nitrogens with zero attached hydrogens (tertiary/aromatic N) is 1. The lowest BCUT2D eigenvalue weighted by atomic mass is 9.86. The largest absolute Gasteiger partial charge is 0.493 e. The highest BCUT2D eigenvalue weighted by molar-refractivity contribution is 5.51. The highest BCUT2D eigenvalue weighted by Gasteiger charge is 2.31. The van der Waals surface area contributed by atoms with E-state index < -0.39 is 0 Å². The van der Waals surface area contributed by atoms with E-state index in [1.807, 2.05) is 0 Å². The minimum atomic E-state index is 0.282. The molecule has 1 atom stereocenters. The van der Waals surface area contributed by atoms with Crippen LogP contribution in [0.2, 0.25) is 0 Å². The van der Waals surface area contributed by atoms with E-state index in [9.17, 15) is 0 Å². The maximum absolute atomic E-state index is 5.62. The van der Waals surface area contributed by atoms with Crippen LogP contribution in [0.25, 0.3) is 0 Å². The number of methoxy groups -OCH3 is 2. The zero-order chi connectivity index (χ0) is 18.6. The van der Waals surface area contributed by atoms with Gasteiger partial charge in [0.15, 0.2) is 11.5 Å². The Bertz CT molecular complexity index is 756. The molecule has 144 valence electrons. The Hall–Kier alpha value is -2.04. The summed E-state index contributed by atoms with van der Waals surface area (Å²) in [5, 5.41) is 3.49. The first kappa shape index (κ1) is 18.3. The Morgan fingerprint density at radius 3 is 2.41 bits per heavy atom. The van der Waals surface area contributed by atoms with Crippen LogP contribution in [-0.2, 0) is 6.42 Å². The van der Waals surface area contributed by atoms with Gasteiger partial charge in [0.1, 0.15) is 0 Å². The third kappa shape index (κ3) is 3.83. The number of hydrogen-bond donors (Lipinski definition) is 1. The molecule has 4 heteroatoms. The number of nitrogens with one attached hydrogen (secondary N) is 1. The molecule has 4 nitrogen and oxygen atoms in total. The second-order valence-electron chi connectivity index (χ2n) is 7.66. The molecule has 1 fully saturated rings. The highest BCUT2D eigenvalue weighted by Crippen LogP contribution is 2.41. The molecule has 2 aromatic rings. The van der Waals surface area contributed by atoms with Gasteiger partial charge in [-0.2, -0.15) is 0 Å². The van der Waals surface area contributed by atoms with Crippen LogP contribution in [0.1, 0.15) is 35.6 Å². The van der Waals surface area contributed by atoms with E-state index in [2.05, 4.69) is 52.7 Å². The molecule has 2 aliphatic rings. The minimum Gasteiger partial charge on any atom is -0.493 e. The lowest BCUT2D eigenvalue weighted by Crippen LogP contribution is -2.41. The molecule has 1 unspecified atom stereocenters. The molecule has 4 rings (SSSR count). The standard InChI is InChI=1S/C23H30N2O2/c1-26-21-14-19-10-13-25(16-17-8-11-24-12-9-17)23(18-6-4-3-5-7-18)20(19)15-22(21)27-2/h3-7,14-15,17,23-24H,8-13,16H2,1-2H3. The lowest BCUT2D eigenvalue weighted by molar-refractivity contribution is 0.162. The Morgan fingerprint density at radius 1 is 1.00 bits per heavy atom. The number of rotatable bonds is 5. The van der Waals surface area contributed by atoms with E-state index in [0.29, 0.717) is 0 Å². The Morgan fingerprint density at radius 2 is 1.70 bits per heavy atom. The lowest BCUT2D eigenvalue weighted by Gasteiger charge is -2.40. The average Bonchev–Trinajstić information content (AvgIpc) is 2.74. The SMILES string of the molecule is COc1cc2c(cc1OC)C(c1ccccc1)N(CC1CCNCC1)CC2. The van der Waals surface area contributed by atoms with Crippen molar-refractivity contribution in [3.8, 4) is 11.5 Å². The Kier molecular flexibility index (Phi) is 5.65. The molecule has 0 amide bonds. The van der Waals surface area contributed by atoms with E-state index in [-0.39, 0.29) is 6.04 Å². The van der Waals surface area contributed by atoms with Crippen molar-refractivity contribution >= 4 is 0 Å². The van der Waals surface area contributed by atoms with Crippen LogP contribution < -0.4 is 14.8 Å². The van der Waals surface area contributed by atoms with Gasteiger partial charge in [-0.05, 0) is 67.1 Å². The number of piperidine rings is 1. The van der Waals surface area contributed by atoms with Crippen LogP contribution in [0.15, 0.2) is 42.5 Å². The molecule has 1 N–H and O–H groups in total. The smallest absolute Gasteiger partial charge is 0.161 e. The zero-order valence-electron chi connectivity index (χ0n) is 16.4. The number of hydrogen-bond acceptors (Lipinski definition) is 4. The van der Waals surface area contributed by atoms with Crippen LogP contribution in [-0.4, -0.2) is 45.3 Å². The molecule has 0 radical (unpaired) electrons. The first-order chi connectivity index (χ1) is 13.3. The molecule has 0 saturated carbocycles. The summed E-state index contributed by atoms with van der Waals surface area (Å²) in [7, 11) is 3.43. The second kappa shape index (κ2) is 8.32. The summed E-state index contributed by atoms with van der Waals surface area (Å²) in [4.78, 5) is 2.68. The Labute approximate surface area is 162 Å². The van der Waals surface area contributed by atoms with Crippen LogP contribution in [0.5, 0.6) is 11.5 Å². The highest BCUT2D eigenvalue weighted by atomic mass is 16.5. The van der Waals surface area contributed by atoms with Gasteiger partial charge in [0, 0.05) is 13.1 Å². The molecule has 0 aliphatic carbocycles. The topological polar surface area (TPSA) is 33.7 Å². The predicted molar refractivity (Wildman–Crippen MR) is 109 cm³/mol. The normalized spacial score (nSPS) is 20.9. The fourth-order valence-corrected chi connectivity index (χ4v) is 4.62. The van der Waals surface area contributed by atoms with Crippen molar-refractivity contribution in [2.75, 3.05) is 40.4 Å². The van der Waals surface area contributed by atoms with Gasteiger partial charge < -0.3 is 14.8 Å². The van der Waals surface area contributed by atoms with Crippen molar-refractivity contribution in [1.82, 2.24) is 10.2 Å². The van der Waals surface area contributed by atoms with E-state index in [1.165, 1.54) is 29.5 Å². The van der Waals surface area contributed by atoms with Gasteiger partial charge in [0.2, 0.25) is 0 Å². The Balaban J connectivity index is 1.72. The van der Waals surface area contributed by atoms with Crippen LogP contribution >= 0.6 is 0 Å². The molecule has 0 bridgehead atoms. The predicted octanol–water partition coefficient (Wildman–Crippen LogP) is 3.65. The van der Waals surface area contributed by atoms with Gasteiger partial charge in [-0.15, -0.1) is 0 Å². The fourth-order valence-electron chi connectivity index (χ4n) is 4.62. The van der Waals surface area contributed by atoms with Crippen LogP contribution in [0, 0.1) is 5.92 Å². The van der Waals surface area contributed by atoms with E-state index in [0.717, 1.165) is 50.0 Å². The van der Waals surface area contributed by atoms with Gasteiger partial charge in [-0.1, -0.05) is 30.3 Å². The van der Waals surface area contributed by atoms with Crippen LogP contribution in [0.3, 0.4) is 0 Å². The molecular formula is C23H30N2O2. The summed E-state index contributed by atoms with van der Waals surface area (Å²) in [5.41, 5.74) is 4.10. The summed E-state index contributed by atoms with van der Waals surface area (Å²) in [6.45, 7) is 4.55. The number of benzene rings is 2. The minimum absolute atomic E-state index is 0.282. The summed E-state index contributed by atoms with van der Waals surface area (Å²) in [6, 6.07) is 15.5. The van der Waals surface area contributed by atoms with E-state index in [4.69, 9.17) is 9.47 Å². The monoisotopic (exact) mass is 366 g/mol. The summed E-state index contributed by atoms with van der Waals surface area (Å²) in [5.74, 6) is 2.43. The first-order valence-corrected chi connectivity index (χ1v) is 10.0. The molecule has 2 aliphatic heterocycles. The van der Waals surface area contributed by atoms with Gasteiger partial charge in [-0.25, -0.2) is 0 Å². The van der Waals surface area contributed by atoms with Gasteiger partial charge in [0.05, 0.1) is 20.3 Å². The van der Waals surface area contributed by atoms with Crippen molar-refractivity contribution in [3.63, 3.8) is 0 Å². The summed E-state index contributed by atoms with van der Waals surface area (Å²) < 4.78 is 11.2. The number of fused-ring (bicyclic) bond motifs is 1. The van der Waals surface area contributed by atoms with Crippen molar-refractivity contribution in [2.45, 2.75) is 25.3 Å². The molecule has 0 aromatic heterocycles. The molecule has 1 saturated heterocycles. The first-order valence-electron chi connectivity index (χ1n) is 10.0. The van der Waals surface area contributed by atoms with Crippen molar-refractivity contribution in [1.29, 1.82) is 0 Å². The molecular weight excluding hydrogens is 336 g/mol. The summed E-state index contributed by atoms with van der Waals surface area (Å²) >= 11 is 0. The fraction of sp³-hybridized carbons (Fsp3) is 0.478. The molecule has 2 heterocycles. The second-order valence-corrected chi connectivity index (χ2v) is 7.66. The van der Waals surface area contributed by atoms with Crippen molar-refractivity contribution < 1.29 is 9.47 Å². The quantitative estimate of drug-likeness (QED) is 0.876.